The van der Waals surface area contributed by atoms with Crippen molar-refractivity contribution in [2.75, 3.05) is 7.05 Å². The van der Waals surface area contributed by atoms with Crippen LogP contribution >= 0.6 is 11.6 Å². The average Bonchev–Trinajstić information content (AvgIpc) is 2.79. The van der Waals surface area contributed by atoms with Gasteiger partial charge in [0.2, 0.25) is 5.91 Å². The summed E-state index contributed by atoms with van der Waals surface area (Å²) in [4.78, 5) is 12.9. The van der Waals surface area contributed by atoms with Crippen molar-refractivity contribution in [1.82, 2.24) is 4.90 Å². The second kappa shape index (κ2) is 3.26. The standard InChI is InChI=1S/C10H11ClN2O/c1-13-8(9(13)10(12)14)6-2-4-7(11)5-3-6/h2-5,8-9H,1H3,(H2,12,14)/t8-,9-,13?/m1/s1. The third kappa shape index (κ3) is 1.49. The fraction of sp³-hybridized carbons (Fsp3) is 0.300. The number of likely N-dealkylation sites (N-methyl/N-ethyl adjacent to an activating group) is 1. The lowest BCUT2D eigenvalue weighted by Gasteiger charge is -1.97. The largest absolute Gasteiger partial charge is 0.368 e. The lowest BCUT2D eigenvalue weighted by molar-refractivity contribution is -0.118. The first-order valence-electron chi connectivity index (χ1n) is 4.38. The van der Waals surface area contributed by atoms with Crippen LogP contribution in [0, 0.1) is 0 Å². The first-order valence-corrected chi connectivity index (χ1v) is 4.76. The topological polar surface area (TPSA) is 46.1 Å². The van der Waals surface area contributed by atoms with Crippen molar-refractivity contribution in [1.29, 1.82) is 0 Å². The predicted molar refractivity (Wildman–Crippen MR) is 54.9 cm³/mol. The van der Waals surface area contributed by atoms with Gasteiger partial charge in [0.25, 0.3) is 0 Å². The monoisotopic (exact) mass is 210 g/mol. The molecule has 1 unspecified atom stereocenters. The molecule has 0 bridgehead atoms. The minimum atomic E-state index is -0.271. The Labute approximate surface area is 87.4 Å². The zero-order valence-electron chi connectivity index (χ0n) is 7.77. The van der Waals surface area contributed by atoms with E-state index in [1.807, 2.05) is 36.2 Å². The molecule has 1 aliphatic rings. The number of primary amides is 1. The van der Waals surface area contributed by atoms with Crippen LogP contribution in [0.1, 0.15) is 11.6 Å². The van der Waals surface area contributed by atoms with Gasteiger partial charge in [-0.25, -0.2) is 0 Å². The average molecular weight is 211 g/mol. The number of hydrogen-bond acceptors (Lipinski definition) is 2. The number of benzene rings is 1. The van der Waals surface area contributed by atoms with Crippen LogP contribution in [0.5, 0.6) is 0 Å². The van der Waals surface area contributed by atoms with Gasteiger partial charge in [0.1, 0.15) is 6.04 Å². The first kappa shape index (κ1) is 9.49. The Morgan fingerprint density at radius 1 is 1.43 bits per heavy atom. The van der Waals surface area contributed by atoms with Gasteiger partial charge in [0, 0.05) is 5.02 Å². The van der Waals surface area contributed by atoms with Crippen molar-refractivity contribution in [3.05, 3.63) is 34.9 Å². The predicted octanol–water partition coefficient (Wildman–Crippen LogP) is 1.18. The molecule has 4 heteroatoms. The maximum Gasteiger partial charge on any atom is 0.236 e. The van der Waals surface area contributed by atoms with E-state index in [0.29, 0.717) is 5.02 Å². The van der Waals surface area contributed by atoms with Crippen LogP contribution in [0.25, 0.3) is 0 Å². The highest BCUT2D eigenvalue weighted by Crippen LogP contribution is 2.40. The molecule has 14 heavy (non-hydrogen) atoms. The molecule has 1 fully saturated rings. The van der Waals surface area contributed by atoms with Gasteiger partial charge in [-0.3, -0.25) is 9.69 Å². The Morgan fingerprint density at radius 2 is 2.00 bits per heavy atom. The summed E-state index contributed by atoms with van der Waals surface area (Å²) >= 11 is 5.77. The van der Waals surface area contributed by atoms with Crippen molar-refractivity contribution in [2.45, 2.75) is 12.1 Å². The highest BCUT2D eigenvalue weighted by Gasteiger charge is 2.49. The van der Waals surface area contributed by atoms with E-state index in [0.717, 1.165) is 5.56 Å². The molecule has 0 aliphatic carbocycles. The molecule has 0 spiro atoms. The minimum Gasteiger partial charge on any atom is -0.368 e. The summed E-state index contributed by atoms with van der Waals surface area (Å²) in [5.41, 5.74) is 6.32. The number of halogens is 1. The van der Waals surface area contributed by atoms with E-state index in [-0.39, 0.29) is 18.0 Å². The van der Waals surface area contributed by atoms with E-state index in [1.165, 1.54) is 0 Å². The lowest BCUT2D eigenvalue weighted by atomic mass is 10.1. The summed E-state index contributed by atoms with van der Waals surface area (Å²) in [7, 11) is 1.88. The number of amides is 1. The Balaban J connectivity index is 2.19. The molecule has 1 aromatic carbocycles. The molecule has 1 amide bonds. The number of nitrogens with zero attached hydrogens (tertiary/aromatic N) is 1. The molecular weight excluding hydrogens is 200 g/mol. The Kier molecular flexibility index (Phi) is 2.21. The van der Waals surface area contributed by atoms with Crippen LogP contribution in [0.3, 0.4) is 0 Å². The maximum absolute atomic E-state index is 11.0. The molecular formula is C10H11ClN2O. The van der Waals surface area contributed by atoms with E-state index < -0.39 is 0 Å². The normalized spacial score (nSPS) is 30.0. The second-order valence-corrected chi connectivity index (χ2v) is 3.95. The van der Waals surface area contributed by atoms with Gasteiger partial charge in [0.05, 0.1) is 6.04 Å². The second-order valence-electron chi connectivity index (χ2n) is 3.51. The molecule has 74 valence electrons. The third-order valence-corrected chi connectivity index (χ3v) is 2.84. The molecule has 2 N–H and O–H groups in total. The molecule has 3 atom stereocenters. The minimum absolute atomic E-state index is 0.129. The summed E-state index contributed by atoms with van der Waals surface area (Å²) in [5.74, 6) is -0.271. The SMILES string of the molecule is CN1[C@H](c2ccc(Cl)cc2)[C@@H]1C(N)=O. The smallest absolute Gasteiger partial charge is 0.236 e. The van der Waals surface area contributed by atoms with Gasteiger partial charge in [-0.05, 0) is 24.7 Å². The molecule has 1 aromatic rings. The summed E-state index contributed by atoms with van der Waals surface area (Å²) < 4.78 is 0. The van der Waals surface area contributed by atoms with Gasteiger partial charge >= 0.3 is 0 Å². The van der Waals surface area contributed by atoms with E-state index >= 15 is 0 Å². The number of nitrogens with two attached hydrogens (primary N) is 1. The Morgan fingerprint density at radius 3 is 2.43 bits per heavy atom. The van der Waals surface area contributed by atoms with E-state index in [1.54, 1.807) is 0 Å². The number of hydrogen-bond donors (Lipinski definition) is 1. The van der Waals surface area contributed by atoms with Crippen molar-refractivity contribution in [3.8, 4) is 0 Å². The molecule has 3 nitrogen and oxygen atoms in total. The van der Waals surface area contributed by atoms with Crippen LogP contribution in [0.2, 0.25) is 5.02 Å². The van der Waals surface area contributed by atoms with E-state index in [9.17, 15) is 4.79 Å². The van der Waals surface area contributed by atoms with Crippen LogP contribution in [0.15, 0.2) is 24.3 Å². The Hall–Kier alpha value is -1.06. The number of carbonyl (C=O) groups is 1. The fourth-order valence-corrected chi connectivity index (χ4v) is 1.90. The van der Waals surface area contributed by atoms with Gasteiger partial charge in [-0.2, -0.15) is 0 Å². The highest BCUT2D eigenvalue weighted by molar-refractivity contribution is 6.30. The summed E-state index contributed by atoms with van der Waals surface area (Å²) in [6.45, 7) is 0. The highest BCUT2D eigenvalue weighted by atomic mass is 35.5. The zero-order chi connectivity index (χ0) is 10.3. The molecule has 0 aromatic heterocycles. The van der Waals surface area contributed by atoms with Gasteiger partial charge in [-0.1, -0.05) is 23.7 Å². The summed E-state index contributed by atoms with van der Waals surface area (Å²) in [6.07, 6.45) is 0. The van der Waals surface area contributed by atoms with Crippen molar-refractivity contribution in [3.63, 3.8) is 0 Å². The van der Waals surface area contributed by atoms with Crippen molar-refractivity contribution in [2.24, 2.45) is 5.73 Å². The van der Waals surface area contributed by atoms with E-state index in [2.05, 4.69) is 0 Å². The first-order chi connectivity index (χ1) is 6.61. The Bertz CT molecular complexity index is 363. The summed E-state index contributed by atoms with van der Waals surface area (Å²) in [5, 5.41) is 0.702. The summed E-state index contributed by atoms with van der Waals surface area (Å²) in [6, 6.07) is 7.46. The van der Waals surface area contributed by atoms with Crippen LogP contribution < -0.4 is 5.73 Å². The maximum atomic E-state index is 11.0. The molecule has 0 saturated carbocycles. The molecule has 1 aliphatic heterocycles. The van der Waals surface area contributed by atoms with Crippen LogP contribution in [-0.4, -0.2) is 23.9 Å². The number of carbonyl (C=O) groups excluding carboxylic acids is 1. The van der Waals surface area contributed by atoms with Crippen molar-refractivity contribution >= 4 is 17.5 Å². The third-order valence-electron chi connectivity index (χ3n) is 2.59. The quantitative estimate of drug-likeness (QED) is 0.746. The number of rotatable bonds is 2. The van der Waals surface area contributed by atoms with E-state index in [4.69, 9.17) is 17.3 Å². The lowest BCUT2D eigenvalue weighted by Crippen LogP contribution is -2.20. The van der Waals surface area contributed by atoms with Crippen LogP contribution in [-0.2, 0) is 4.79 Å². The molecule has 1 saturated heterocycles. The van der Waals surface area contributed by atoms with Crippen molar-refractivity contribution < 1.29 is 4.79 Å². The molecule has 2 rings (SSSR count). The van der Waals surface area contributed by atoms with Gasteiger partial charge < -0.3 is 5.73 Å². The fourth-order valence-electron chi connectivity index (χ4n) is 1.77. The molecule has 0 radical (unpaired) electrons. The molecule has 1 heterocycles. The zero-order valence-corrected chi connectivity index (χ0v) is 8.53. The van der Waals surface area contributed by atoms with Gasteiger partial charge in [0.15, 0.2) is 0 Å². The van der Waals surface area contributed by atoms with Crippen LogP contribution in [0.4, 0.5) is 0 Å². The van der Waals surface area contributed by atoms with Gasteiger partial charge in [-0.15, -0.1) is 0 Å².